The lowest BCUT2D eigenvalue weighted by atomic mass is 9.88. The van der Waals surface area contributed by atoms with Crippen molar-refractivity contribution in [1.82, 2.24) is 34.3 Å². The minimum Gasteiger partial charge on any atom is -0.371 e. The summed E-state index contributed by atoms with van der Waals surface area (Å²) >= 11 is 0. The predicted molar refractivity (Wildman–Crippen MR) is 209 cm³/mol. The number of nitrogens with one attached hydrogen (secondary N) is 2. The highest BCUT2D eigenvalue weighted by atomic mass is 32.2. The lowest BCUT2D eigenvalue weighted by molar-refractivity contribution is -0.138. The molecule has 0 bridgehead atoms. The third-order valence-electron chi connectivity index (χ3n) is 12.0. The zero-order valence-corrected chi connectivity index (χ0v) is 32.9. The number of hydrogen-bond acceptors (Lipinski definition) is 10. The molecule has 2 aromatic heterocycles. The van der Waals surface area contributed by atoms with Gasteiger partial charge in [-0.1, -0.05) is 12.1 Å². The van der Waals surface area contributed by atoms with Crippen molar-refractivity contribution in [2.24, 2.45) is 13.0 Å². The van der Waals surface area contributed by atoms with Crippen LogP contribution < -0.4 is 20.4 Å². The number of aryl methyl sites for hydroxylation is 1. The first-order chi connectivity index (χ1) is 27.7. The molecule has 0 aliphatic carbocycles. The number of sulfonamides is 1. The van der Waals surface area contributed by atoms with E-state index in [-0.39, 0.29) is 36.1 Å². The highest BCUT2D eigenvalue weighted by Gasteiger charge is 2.37. The Morgan fingerprint density at radius 1 is 0.914 bits per heavy atom. The number of benzene rings is 2. The Balaban J connectivity index is 0.809. The maximum Gasteiger partial charge on any atom is 0.419 e. The zero-order chi connectivity index (χ0) is 40.8. The summed E-state index contributed by atoms with van der Waals surface area (Å²) in [5, 5.41) is 10.6. The number of nitrogens with zero attached hydrogens (tertiary/aromatic N) is 8. The number of piperidine rings is 3. The summed E-state index contributed by atoms with van der Waals surface area (Å²) in [5.74, 6) is 1.07. The van der Waals surface area contributed by atoms with E-state index in [1.807, 2.05) is 19.2 Å². The molecule has 0 saturated carbocycles. The maximum absolute atomic E-state index is 15.3. The first-order valence-corrected chi connectivity index (χ1v) is 21.1. The minimum atomic E-state index is -4.59. The lowest BCUT2D eigenvalue weighted by Gasteiger charge is -2.38. The van der Waals surface area contributed by atoms with Gasteiger partial charge in [-0.25, -0.2) is 27.6 Å². The number of likely N-dealkylation sites (tertiary alicyclic amines) is 1. The number of fused-ring (bicyclic) bond motifs is 1. The van der Waals surface area contributed by atoms with Crippen molar-refractivity contribution in [2.45, 2.75) is 67.7 Å². The average molecular weight is 827 g/mol. The highest BCUT2D eigenvalue weighted by molar-refractivity contribution is 7.89. The molecule has 4 aromatic rings. The summed E-state index contributed by atoms with van der Waals surface area (Å²) in [6.07, 6.45) is -0.608. The van der Waals surface area contributed by atoms with Gasteiger partial charge in [0.25, 0.3) is 0 Å². The van der Waals surface area contributed by atoms with E-state index in [1.54, 1.807) is 16.8 Å². The van der Waals surface area contributed by atoms with Crippen molar-refractivity contribution in [3.8, 4) is 0 Å². The van der Waals surface area contributed by atoms with Crippen LogP contribution in [0.4, 0.5) is 39.8 Å². The molecule has 4 aliphatic heterocycles. The third-order valence-corrected chi connectivity index (χ3v) is 13.8. The molecule has 4 aliphatic rings. The van der Waals surface area contributed by atoms with E-state index in [0.717, 1.165) is 79.3 Å². The average Bonchev–Trinajstić information content (AvgIpc) is 3.54. The molecular formula is C39H46F4N10O4S. The fraction of sp³-hybridized carbons (Fsp3) is 0.513. The van der Waals surface area contributed by atoms with Crippen molar-refractivity contribution in [3.05, 3.63) is 66.0 Å². The topological polar surface area (TPSA) is 149 Å². The number of urea groups is 1. The van der Waals surface area contributed by atoms with Gasteiger partial charge in [0.05, 0.1) is 22.0 Å². The molecule has 0 unspecified atom stereocenters. The molecule has 4 fully saturated rings. The summed E-state index contributed by atoms with van der Waals surface area (Å²) in [6, 6.07) is 11.8. The van der Waals surface area contributed by atoms with E-state index < -0.39 is 46.6 Å². The number of hydrogen-bond donors (Lipinski definition) is 2. The van der Waals surface area contributed by atoms with E-state index >= 15 is 4.39 Å². The van der Waals surface area contributed by atoms with Crippen LogP contribution in [0, 0.1) is 5.92 Å². The van der Waals surface area contributed by atoms with Gasteiger partial charge in [-0.05, 0) is 92.9 Å². The highest BCUT2D eigenvalue weighted by Crippen LogP contribution is 2.35. The number of anilines is 3. The molecule has 6 heterocycles. The summed E-state index contributed by atoms with van der Waals surface area (Å²) in [5.41, 5.74) is 2.00. The van der Waals surface area contributed by atoms with Gasteiger partial charge < -0.3 is 15.1 Å². The Kier molecular flexibility index (Phi) is 11.0. The Morgan fingerprint density at radius 3 is 2.34 bits per heavy atom. The van der Waals surface area contributed by atoms with Crippen LogP contribution in [0.2, 0.25) is 0 Å². The number of halogens is 4. The smallest absolute Gasteiger partial charge is 0.371 e. The van der Waals surface area contributed by atoms with Crippen molar-refractivity contribution >= 4 is 50.3 Å². The quantitative estimate of drug-likeness (QED) is 0.218. The second-order valence-corrected chi connectivity index (χ2v) is 17.6. The Morgan fingerprint density at radius 2 is 1.66 bits per heavy atom. The predicted octanol–water partition coefficient (Wildman–Crippen LogP) is 5.14. The number of carbonyl (C=O) groups is 2. The van der Waals surface area contributed by atoms with E-state index in [9.17, 15) is 31.2 Å². The van der Waals surface area contributed by atoms with E-state index in [4.69, 9.17) is 0 Å². The molecule has 14 nitrogen and oxygen atoms in total. The van der Waals surface area contributed by atoms with Crippen LogP contribution in [0.5, 0.6) is 0 Å². The molecule has 2 N–H and O–H groups in total. The zero-order valence-electron chi connectivity index (χ0n) is 32.0. The fourth-order valence-corrected chi connectivity index (χ4v) is 10.1. The lowest BCUT2D eigenvalue weighted by Crippen LogP contribution is -2.50. The fourth-order valence-electron chi connectivity index (χ4n) is 8.63. The van der Waals surface area contributed by atoms with Crippen LogP contribution >= 0.6 is 0 Å². The van der Waals surface area contributed by atoms with Crippen LogP contribution in [-0.2, 0) is 28.0 Å². The van der Waals surface area contributed by atoms with Gasteiger partial charge in [-0.2, -0.15) is 22.6 Å². The summed E-state index contributed by atoms with van der Waals surface area (Å²) < 4.78 is 84.1. The maximum atomic E-state index is 15.3. The monoisotopic (exact) mass is 826 g/mol. The molecule has 2 atom stereocenters. The number of imide groups is 1. The van der Waals surface area contributed by atoms with E-state index in [0.29, 0.717) is 36.6 Å². The van der Waals surface area contributed by atoms with Gasteiger partial charge in [0.15, 0.2) is 5.82 Å². The largest absolute Gasteiger partial charge is 0.419 e. The molecule has 8 rings (SSSR count). The van der Waals surface area contributed by atoms with Crippen LogP contribution in [0.15, 0.2) is 59.8 Å². The molecule has 19 heteroatoms. The Bertz CT molecular complexity index is 2260. The van der Waals surface area contributed by atoms with Crippen molar-refractivity contribution in [1.29, 1.82) is 0 Å². The second-order valence-electron chi connectivity index (χ2n) is 15.7. The van der Waals surface area contributed by atoms with Gasteiger partial charge in [-0.15, -0.1) is 0 Å². The van der Waals surface area contributed by atoms with Crippen molar-refractivity contribution in [3.63, 3.8) is 0 Å². The standard InChI is InChI=1S/C39H46F4N10O4S/c1-49-34-19-27(5-6-31(34)36(48-49)53-18-12-35(54)47-38(53)55)26-9-13-50(14-10-26)23-25-7-15-51(16-8-25)29-3-2-4-30(20-29)58(56,57)52-17-11-33(32(40)24-52)46-37-44-21-28(22-45-37)39(41,42)43/h2-6,19-22,25-26,32-33H,7-18,23-24H2,1H3,(H,44,45,46)(H,47,54,55)/t32-,33+/m1/s1. The first-order valence-electron chi connectivity index (χ1n) is 19.7. The Labute approximate surface area is 333 Å². The normalized spacial score (nSPS) is 22.4. The van der Waals surface area contributed by atoms with Crippen molar-refractivity contribution < 1.29 is 35.6 Å². The van der Waals surface area contributed by atoms with E-state index in [1.165, 1.54) is 16.5 Å². The molecule has 58 heavy (non-hydrogen) atoms. The molecule has 3 amide bonds. The van der Waals surface area contributed by atoms with Crippen LogP contribution in [0.3, 0.4) is 0 Å². The molecule has 2 aromatic carbocycles. The molecule has 0 radical (unpaired) electrons. The Hall–Kier alpha value is -4.88. The number of carbonyl (C=O) groups excluding carboxylic acids is 2. The van der Waals surface area contributed by atoms with Crippen LogP contribution in [-0.4, -0.2) is 114 Å². The third kappa shape index (κ3) is 8.34. The SMILES string of the molecule is Cn1nc(N2CCC(=O)NC2=O)c2ccc(C3CCN(CC4CCN(c5cccc(S(=O)(=O)N6CC[C@H](Nc7ncc(C(F)(F)F)cn7)[C@H](F)C6)c5)CC4)CC3)cc21. The van der Waals surface area contributed by atoms with Crippen molar-refractivity contribution in [2.75, 3.05) is 67.5 Å². The van der Waals surface area contributed by atoms with Crippen LogP contribution in [0.25, 0.3) is 10.9 Å². The van der Waals surface area contributed by atoms with Gasteiger partial charge in [0.1, 0.15) is 6.17 Å². The number of amides is 3. The summed E-state index contributed by atoms with van der Waals surface area (Å²) in [6.45, 7) is 4.52. The summed E-state index contributed by atoms with van der Waals surface area (Å²) in [4.78, 5) is 37.8. The summed E-state index contributed by atoms with van der Waals surface area (Å²) in [7, 11) is -2.13. The number of aromatic nitrogens is 4. The number of rotatable bonds is 9. The second kappa shape index (κ2) is 16.1. The van der Waals surface area contributed by atoms with Crippen LogP contribution in [0.1, 0.15) is 55.6 Å². The number of alkyl halides is 4. The van der Waals surface area contributed by atoms with Gasteiger partial charge >= 0.3 is 12.2 Å². The van der Waals surface area contributed by atoms with Gasteiger partial charge in [0.2, 0.25) is 21.9 Å². The van der Waals surface area contributed by atoms with Gasteiger partial charge in [0, 0.05) is 76.2 Å². The van der Waals surface area contributed by atoms with Gasteiger partial charge in [-0.3, -0.25) is 19.7 Å². The molecule has 0 spiro atoms. The van der Waals surface area contributed by atoms with E-state index in [2.05, 4.69) is 47.6 Å². The minimum absolute atomic E-state index is 0.0271. The molecule has 310 valence electrons. The first kappa shape index (κ1) is 39.9. The molecule has 4 saturated heterocycles. The molecular weight excluding hydrogens is 781 g/mol.